The highest BCUT2D eigenvalue weighted by Gasteiger charge is 2.59. The lowest BCUT2D eigenvalue weighted by atomic mass is 9.96. The number of alkyl halides is 3. The first-order valence-corrected chi connectivity index (χ1v) is 20.3. The van der Waals surface area contributed by atoms with Crippen LogP contribution in [0.1, 0.15) is 99.6 Å². The van der Waals surface area contributed by atoms with Gasteiger partial charge in [-0.1, -0.05) is 41.9 Å². The van der Waals surface area contributed by atoms with Gasteiger partial charge in [-0.25, -0.2) is 14.5 Å². The molecule has 0 aliphatic carbocycles. The van der Waals surface area contributed by atoms with E-state index in [1.54, 1.807) is 93.5 Å². The Morgan fingerprint density at radius 1 is 0.870 bits per heavy atom. The van der Waals surface area contributed by atoms with Crippen molar-refractivity contribution in [3.8, 4) is 11.1 Å². The molecule has 1 aliphatic heterocycles. The van der Waals surface area contributed by atoms with E-state index in [2.05, 4.69) is 0 Å². The zero-order valence-electron chi connectivity index (χ0n) is 33.0. The van der Waals surface area contributed by atoms with Gasteiger partial charge in [-0.2, -0.15) is 13.2 Å². The number of ether oxygens (including phenoxy) is 3. The Kier molecular flexibility index (Phi) is 14.5. The van der Waals surface area contributed by atoms with Gasteiger partial charge in [0.05, 0.1) is 17.2 Å². The second-order valence-corrected chi connectivity index (χ2v) is 19.8. The number of hydrogen-bond acceptors (Lipinski definition) is 9. The van der Waals surface area contributed by atoms with Crippen LogP contribution >= 0.6 is 19.0 Å². The number of esters is 1. The molecule has 3 rings (SSSR count). The van der Waals surface area contributed by atoms with Crippen LogP contribution in [0.4, 0.5) is 22.8 Å². The van der Waals surface area contributed by atoms with E-state index in [0.29, 0.717) is 16.7 Å². The van der Waals surface area contributed by atoms with E-state index in [-0.39, 0.29) is 58.2 Å². The molecule has 2 amide bonds. The molecule has 1 fully saturated rings. The molecule has 1 heterocycles. The Bertz CT molecular complexity index is 1670. The summed E-state index contributed by atoms with van der Waals surface area (Å²) in [5, 5.41) is -2.05. The number of carbonyl (C=O) groups is 3. The molecule has 0 bridgehead atoms. The maximum absolute atomic E-state index is 14.9. The Hall–Kier alpha value is -3.12. The van der Waals surface area contributed by atoms with Gasteiger partial charge in [0.15, 0.2) is 5.16 Å². The fraction of sp³-hybridized carbons (Fsp3) is 0.615. The van der Waals surface area contributed by atoms with Crippen molar-refractivity contribution in [1.29, 1.82) is 0 Å². The van der Waals surface area contributed by atoms with E-state index in [0.717, 1.165) is 11.0 Å². The van der Waals surface area contributed by atoms with Crippen LogP contribution in [0, 0.1) is 0 Å². The predicted molar refractivity (Wildman–Crippen MR) is 203 cm³/mol. The van der Waals surface area contributed by atoms with Crippen LogP contribution < -0.4 is 0 Å². The molecule has 2 aromatic rings. The smallest absolute Gasteiger partial charge is 0.419 e. The summed E-state index contributed by atoms with van der Waals surface area (Å²) in [7, 11) is -3.75. The lowest BCUT2D eigenvalue weighted by molar-refractivity contribution is -0.160. The van der Waals surface area contributed by atoms with Crippen molar-refractivity contribution in [2.45, 2.75) is 123 Å². The summed E-state index contributed by atoms with van der Waals surface area (Å²) in [6.07, 6.45) is -5.94. The third-order valence-corrected chi connectivity index (χ3v) is 12.1. The first-order chi connectivity index (χ1) is 24.7. The van der Waals surface area contributed by atoms with E-state index in [1.807, 2.05) is 4.90 Å². The Balaban J connectivity index is 1.99. The molecular formula is C39H55ClF3N2O8P. The van der Waals surface area contributed by atoms with Gasteiger partial charge in [-0.05, 0) is 117 Å². The average Bonchev–Trinajstić information content (AvgIpc) is 3.00. The minimum Gasteiger partial charge on any atom is -0.459 e. The van der Waals surface area contributed by atoms with Crippen LogP contribution in [-0.2, 0) is 40.8 Å². The number of rotatable bonds is 11. The number of hydrogen-bond donors (Lipinski definition) is 0. The van der Waals surface area contributed by atoms with Gasteiger partial charge in [-0.3, -0.25) is 14.3 Å². The quantitative estimate of drug-likeness (QED) is 0.0948. The number of halogens is 4. The number of unbranched alkanes of at least 4 members (excludes halogenated alkanes) is 1. The summed E-state index contributed by atoms with van der Waals surface area (Å²) >= 11 is 5.91. The van der Waals surface area contributed by atoms with Crippen LogP contribution in [0.2, 0.25) is 5.02 Å². The number of nitrogens with zero attached hydrogens (tertiary/aromatic N) is 2. The molecule has 0 saturated carbocycles. The van der Waals surface area contributed by atoms with E-state index in [9.17, 15) is 32.1 Å². The number of carbonyl (C=O) groups excluding carboxylic acids is 3. The molecule has 54 heavy (non-hydrogen) atoms. The molecule has 2 unspecified atom stereocenters. The summed E-state index contributed by atoms with van der Waals surface area (Å²) in [5.74, 6) is -0.701. The van der Waals surface area contributed by atoms with Gasteiger partial charge < -0.3 is 18.7 Å². The second kappa shape index (κ2) is 17.3. The Morgan fingerprint density at radius 2 is 1.44 bits per heavy atom. The van der Waals surface area contributed by atoms with Gasteiger partial charge in [0.2, 0.25) is 7.37 Å². The maximum atomic E-state index is 14.9. The first kappa shape index (κ1) is 45.3. The van der Waals surface area contributed by atoms with Crippen LogP contribution in [0.5, 0.6) is 0 Å². The van der Waals surface area contributed by atoms with E-state index >= 15 is 0 Å². The summed E-state index contributed by atoms with van der Waals surface area (Å²) in [5.41, 5.74) is -2.12. The van der Waals surface area contributed by atoms with Crippen LogP contribution in [0.15, 0.2) is 42.5 Å². The minimum atomic E-state index is -4.65. The molecular weight excluding hydrogens is 748 g/mol. The van der Waals surface area contributed by atoms with Crippen molar-refractivity contribution < 1.29 is 50.9 Å². The fourth-order valence-electron chi connectivity index (χ4n) is 6.17. The normalized spacial score (nSPS) is 20.0. The molecule has 2 aromatic carbocycles. The summed E-state index contributed by atoms with van der Waals surface area (Å²) in [6.45, 7) is 17.3. The lowest BCUT2D eigenvalue weighted by Crippen LogP contribution is -2.56. The average molecular weight is 803 g/mol. The number of amides is 2. The molecule has 0 N–H and O–H groups in total. The Labute approximate surface area is 322 Å². The van der Waals surface area contributed by atoms with E-state index in [1.165, 1.54) is 12.1 Å². The molecule has 1 aliphatic rings. The van der Waals surface area contributed by atoms with Gasteiger partial charge in [0.25, 0.3) is 0 Å². The molecule has 15 heteroatoms. The van der Waals surface area contributed by atoms with Crippen LogP contribution in [0.25, 0.3) is 11.1 Å². The third kappa shape index (κ3) is 12.2. The standard InChI is InChI=1S/C39H55ClF3N2O8P/c1-11-50-54(49)23-22-44(25-28-16-12-13-17-29(28)27-18-19-31(40)30(24-27)39(41,42)43)26-38(54,32(46)51-35(2,3)4)20-14-15-21-45(33(47)52-36(5,6)7)34(48)53-37(8,9)10/h12-13,16-19,24H,11,14-15,20-23,25-26H2,1-10H3. The van der Waals surface area contributed by atoms with E-state index in [4.69, 9.17) is 30.3 Å². The molecule has 10 nitrogen and oxygen atoms in total. The van der Waals surface area contributed by atoms with Crippen LogP contribution in [-0.4, -0.2) is 82.3 Å². The SMILES string of the molecule is CCOP1(=O)CCN(Cc2ccccc2-c2ccc(Cl)c(C(F)(F)F)c2)CC1(CCCCN(C(=O)OC(C)(C)C)C(=O)OC(C)(C)C)C(=O)OC(C)(C)C. The highest BCUT2D eigenvalue weighted by molar-refractivity contribution is 7.62. The zero-order valence-corrected chi connectivity index (χ0v) is 34.7. The molecule has 0 spiro atoms. The third-order valence-electron chi connectivity index (χ3n) is 8.41. The Morgan fingerprint density at radius 3 is 1.98 bits per heavy atom. The van der Waals surface area contributed by atoms with Crippen molar-refractivity contribution in [1.82, 2.24) is 9.80 Å². The van der Waals surface area contributed by atoms with Gasteiger partial charge in [0.1, 0.15) is 16.8 Å². The van der Waals surface area contributed by atoms with E-state index < -0.39 is 64.2 Å². The van der Waals surface area contributed by atoms with Crippen molar-refractivity contribution in [2.24, 2.45) is 0 Å². The molecule has 1 saturated heterocycles. The monoisotopic (exact) mass is 802 g/mol. The highest BCUT2D eigenvalue weighted by Crippen LogP contribution is 2.64. The van der Waals surface area contributed by atoms with Crippen LogP contribution in [0.3, 0.4) is 0 Å². The largest absolute Gasteiger partial charge is 0.459 e. The molecule has 0 radical (unpaired) electrons. The number of benzene rings is 2. The second-order valence-electron chi connectivity index (χ2n) is 16.5. The summed E-state index contributed by atoms with van der Waals surface area (Å²) in [6, 6.07) is 10.8. The molecule has 0 aromatic heterocycles. The van der Waals surface area contributed by atoms with Crippen molar-refractivity contribution >= 4 is 37.1 Å². The van der Waals surface area contributed by atoms with Crippen molar-refractivity contribution in [3.05, 3.63) is 58.6 Å². The predicted octanol–water partition coefficient (Wildman–Crippen LogP) is 10.6. The zero-order chi connectivity index (χ0) is 40.9. The summed E-state index contributed by atoms with van der Waals surface area (Å²) in [4.78, 5) is 43.4. The van der Waals surface area contributed by atoms with Crippen molar-refractivity contribution in [2.75, 3.05) is 32.4 Å². The highest BCUT2D eigenvalue weighted by atomic mass is 35.5. The minimum absolute atomic E-state index is 0.0172. The summed E-state index contributed by atoms with van der Waals surface area (Å²) < 4.78 is 79.1. The van der Waals surface area contributed by atoms with Gasteiger partial charge in [0, 0.05) is 32.3 Å². The molecule has 302 valence electrons. The topological polar surface area (TPSA) is 112 Å². The van der Waals surface area contributed by atoms with Gasteiger partial charge >= 0.3 is 24.3 Å². The first-order valence-electron chi connectivity index (χ1n) is 18.1. The fourth-order valence-corrected chi connectivity index (χ4v) is 9.40. The van der Waals surface area contributed by atoms with Gasteiger partial charge in [-0.15, -0.1) is 0 Å². The number of imide groups is 1. The van der Waals surface area contributed by atoms with Crippen molar-refractivity contribution in [3.63, 3.8) is 0 Å². The lowest BCUT2D eigenvalue weighted by Gasteiger charge is -2.46. The molecule has 2 atom stereocenters. The maximum Gasteiger partial charge on any atom is 0.419 e.